The average molecular weight is 653 g/mol. The lowest BCUT2D eigenvalue weighted by molar-refractivity contribution is 0.0341. The van der Waals surface area contributed by atoms with Gasteiger partial charge in [-0.3, -0.25) is 9.69 Å². The lowest BCUT2D eigenvalue weighted by Crippen LogP contribution is -2.49. The third-order valence-corrected chi connectivity index (χ3v) is 8.40. The molecule has 11 heteroatoms. The Bertz CT molecular complexity index is 1730. The fourth-order valence-corrected chi connectivity index (χ4v) is 5.76. The van der Waals surface area contributed by atoms with E-state index in [2.05, 4.69) is 22.5 Å². The number of anilines is 2. The van der Waals surface area contributed by atoms with Crippen molar-refractivity contribution in [3.8, 4) is 28.7 Å². The normalized spacial score (nSPS) is 17.5. The van der Waals surface area contributed by atoms with E-state index >= 15 is 0 Å². The Morgan fingerprint density at radius 1 is 0.938 bits per heavy atom. The number of hydrogen-bond donors (Lipinski definition) is 3. The van der Waals surface area contributed by atoms with E-state index in [1.807, 2.05) is 68.6 Å². The van der Waals surface area contributed by atoms with Gasteiger partial charge in [0.1, 0.15) is 23.4 Å². The molecule has 0 fully saturated rings. The molecule has 0 aliphatic carbocycles. The lowest BCUT2D eigenvalue weighted by atomic mass is 9.99. The number of urea groups is 1. The van der Waals surface area contributed by atoms with E-state index in [1.165, 1.54) is 0 Å². The van der Waals surface area contributed by atoms with Gasteiger partial charge in [0.05, 0.1) is 18.2 Å². The molecule has 0 radical (unpaired) electrons. The molecule has 3 N–H and O–H groups in total. The Kier molecular flexibility index (Phi) is 9.98. The number of carbonyl (C=O) groups excluding carboxylic acids is 2. The molecule has 3 amide bonds. The second-order valence-electron chi connectivity index (χ2n) is 12.2. The van der Waals surface area contributed by atoms with Crippen LogP contribution >= 0.6 is 0 Å². The second-order valence-corrected chi connectivity index (χ2v) is 12.2. The van der Waals surface area contributed by atoms with Crippen molar-refractivity contribution in [2.24, 2.45) is 5.92 Å². The first kappa shape index (κ1) is 32.7. The molecule has 6 rings (SSSR count). The maximum Gasteiger partial charge on any atom is 0.323 e. The average Bonchev–Trinajstić information content (AvgIpc) is 3.56. The summed E-state index contributed by atoms with van der Waals surface area (Å²) in [6.45, 7) is 5.50. The number of para-hydroxylation sites is 1. The number of nitrogens with zero attached hydrogens (tertiary/aromatic N) is 2. The lowest BCUT2D eigenvalue weighted by Gasteiger charge is -2.38. The van der Waals surface area contributed by atoms with Crippen molar-refractivity contribution in [2.45, 2.75) is 32.5 Å². The molecule has 0 aromatic heterocycles. The number of rotatable bonds is 10. The first-order chi connectivity index (χ1) is 23.2. The van der Waals surface area contributed by atoms with Crippen LogP contribution in [0.3, 0.4) is 0 Å². The molecule has 0 saturated carbocycles. The molecule has 11 nitrogen and oxygen atoms in total. The predicted molar refractivity (Wildman–Crippen MR) is 182 cm³/mol. The standard InChI is InChI=1S/C37H40N4O7/c1-24-19-41(25(2)22-42)36(43)31-17-27(38-37(44)39-28-12-16-33-34(18-28)46-23-45-33)11-15-32(31)48-35(24)21-40(3)20-26-9-13-30(14-10-26)47-29-7-5-4-6-8-29/h4-18,24-25,35,42H,19-23H2,1-3H3,(H2,38,39,44)/t24-,25+,35+/m0/s1. The van der Waals surface area contributed by atoms with Gasteiger partial charge >= 0.3 is 6.03 Å². The highest BCUT2D eigenvalue weighted by atomic mass is 16.7. The van der Waals surface area contributed by atoms with Gasteiger partial charge in [-0.05, 0) is 74.1 Å². The smallest absolute Gasteiger partial charge is 0.323 e. The Morgan fingerprint density at radius 2 is 1.60 bits per heavy atom. The van der Waals surface area contributed by atoms with E-state index in [9.17, 15) is 14.7 Å². The number of fused-ring (bicyclic) bond motifs is 2. The van der Waals surface area contributed by atoms with E-state index in [0.29, 0.717) is 53.8 Å². The summed E-state index contributed by atoms with van der Waals surface area (Å²) in [6, 6.07) is 26.9. The monoisotopic (exact) mass is 652 g/mol. The minimum Gasteiger partial charge on any atom is -0.488 e. The summed E-state index contributed by atoms with van der Waals surface area (Å²) in [7, 11) is 2.04. The predicted octanol–water partition coefficient (Wildman–Crippen LogP) is 6.20. The van der Waals surface area contributed by atoms with Gasteiger partial charge in [-0.15, -0.1) is 0 Å². The number of amides is 3. The molecule has 3 atom stereocenters. The van der Waals surface area contributed by atoms with E-state index in [4.69, 9.17) is 18.9 Å². The van der Waals surface area contributed by atoms with Crippen LogP contribution in [0.5, 0.6) is 28.7 Å². The van der Waals surface area contributed by atoms with Crippen LogP contribution in [0.2, 0.25) is 0 Å². The van der Waals surface area contributed by atoms with E-state index in [-0.39, 0.29) is 31.3 Å². The fourth-order valence-electron chi connectivity index (χ4n) is 5.76. The molecule has 2 aliphatic rings. The number of benzene rings is 4. The zero-order valence-electron chi connectivity index (χ0n) is 27.2. The third-order valence-electron chi connectivity index (χ3n) is 8.40. The number of nitrogens with one attached hydrogen (secondary N) is 2. The molecule has 2 aliphatic heterocycles. The Morgan fingerprint density at radius 3 is 2.33 bits per heavy atom. The van der Waals surface area contributed by atoms with Gasteiger partial charge in [-0.1, -0.05) is 37.3 Å². The summed E-state index contributed by atoms with van der Waals surface area (Å²) in [5.74, 6) is 2.83. The van der Waals surface area contributed by atoms with E-state index < -0.39 is 12.1 Å². The molecule has 0 unspecified atom stereocenters. The van der Waals surface area contributed by atoms with Crippen LogP contribution in [0.15, 0.2) is 91.0 Å². The Balaban J connectivity index is 1.15. The summed E-state index contributed by atoms with van der Waals surface area (Å²) < 4.78 is 23.2. The maximum absolute atomic E-state index is 13.8. The van der Waals surface area contributed by atoms with E-state index in [0.717, 1.165) is 17.1 Å². The van der Waals surface area contributed by atoms with Gasteiger partial charge in [-0.25, -0.2) is 4.79 Å². The number of aliphatic hydroxyl groups is 1. The summed E-state index contributed by atoms with van der Waals surface area (Å²) in [5, 5.41) is 15.6. The van der Waals surface area contributed by atoms with E-state index in [1.54, 1.807) is 41.3 Å². The van der Waals surface area contributed by atoms with Gasteiger partial charge in [-0.2, -0.15) is 0 Å². The Hall–Kier alpha value is -5.26. The van der Waals surface area contributed by atoms with Crippen molar-refractivity contribution in [3.63, 3.8) is 0 Å². The molecule has 4 aromatic carbocycles. The molecular weight excluding hydrogens is 612 g/mol. The van der Waals surface area contributed by atoms with Crippen LogP contribution < -0.4 is 29.6 Å². The Labute approximate surface area is 280 Å². The highest BCUT2D eigenvalue weighted by Gasteiger charge is 2.33. The SMILES string of the molecule is C[C@H](CO)N1C[C@H](C)[C@@H](CN(C)Cc2ccc(Oc3ccccc3)cc2)Oc2ccc(NC(=O)Nc3ccc4c(c3)OCO4)cc2C1=O. The van der Waals surface area contributed by atoms with Gasteiger partial charge in [0, 0.05) is 43.0 Å². The van der Waals surface area contributed by atoms with Crippen LogP contribution in [-0.4, -0.2) is 72.5 Å². The van der Waals surface area contributed by atoms with Gasteiger partial charge in [0.15, 0.2) is 11.5 Å². The van der Waals surface area contributed by atoms with Crippen LogP contribution in [0, 0.1) is 5.92 Å². The maximum atomic E-state index is 13.8. The number of aliphatic hydroxyl groups excluding tert-OH is 1. The molecule has 0 saturated heterocycles. The van der Waals surface area contributed by atoms with Crippen molar-refractivity contribution in [2.75, 3.05) is 44.2 Å². The minimum absolute atomic E-state index is 0.0366. The fraction of sp³-hybridized carbons (Fsp3) is 0.297. The molecular formula is C37H40N4O7. The molecule has 2 heterocycles. The topological polar surface area (TPSA) is 122 Å². The largest absolute Gasteiger partial charge is 0.488 e. The number of carbonyl (C=O) groups is 2. The third kappa shape index (κ3) is 7.81. The summed E-state index contributed by atoms with van der Waals surface area (Å²) in [4.78, 5) is 30.6. The molecule has 250 valence electrons. The minimum atomic E-state index is -0.485. The van der Waals surface area contributed by atoms with Crippen molar-refractivity contribution in [1.29, 1.82) is 0 Å². The summed E-state index contributed by atoms with van der Waals surface area (Å²) >= 11 is 0. The van der Waals surface area contributed by atoms with Gasteiger partial charge < -0.3 is 39.6 Å². The van der Waals surface area contributed by atoms with Crippen molar-refractivity contribution in [3.05, 3.63) is 102 Å². The second kappa shape index (κ2) is 14.7. The number of ether oxygens (including phenoxy) is 4. The van der Waals surface area contributed by atoms with Crippen molar-refractivity contribution >= 4 is 23.3 Å². The van der Waals surface area contributed by atoms with Gasteiger partial charge in [0.2, 0.25) is 6.79 Å². The zero-order chi connectivity index (χ0) is 33.6. The number of hydrogen-bond acceptors (Lipinski definition) is 8. The first-order valence-electron chi connectivity index (χ1n) is 16.0. The first-order valence-corrected chi connectivity index (χ1v) is 16.0. The summed E-state index contributed by atoms with van der Waals surface area (Å²) in [5.41, 5.74) is 2.38. The van der Waals surface area contributed by atoms with Crippen molar-refractivity contribution in [1.82, 2.24) is 9.80 Å². The van der Waals surface area contributed by atoms with Crippen LogP contribution in [0.25, 0.3) is 0 Å². The molecule has 48 heavy (non-hydrogen) atoms. The van der Waals surface area contributed by atoms with Crippen molar-refractivity contribution < 1.29 is 33.6 Å². The zero-order valence-corrected chi connectivity index (χ0v) is 27.2. The molecule has 0 bridgehead atoms. The highest BCUT2D eigenvalue weighted by Crippen LogP contribution is 2.35. The van der Waals surface area contributed by atoms with Crippen LogP contribution in [0.4, 0.5) is 16.2 Å². The molecule has 4 aromatic rings. The quantitative estimate of drug-likeness (QED) is 0.185. The number of likely N-dealkylation sites (N-methyl/N-ethyl adjacent to an activating group) is 1. The molecule has 0 spiro atoms. The van der Waals surface area contributed by atoms with Crippen LogP contribution in [-0.2, 0) is 6.54 Å². The van der Waals surface area contributed by atoms with Gasteiger partial charge in [0.25, 0.3) is 5.91 Å². The highest BCUT2D eigenvalue weighted by molar-refractivity contribution is 6.02. The van der Waals surface area contributed by atoms with Crippen LogP contribution in [0.1, 0.15) is 29.8 Å². The summed E-state index contributed by atoms with van der Waals surface area (Å²) in [6.07, 6.45) is -0.260.